The molecular weight excluding hydrogens is 446 g/mol. The summed E-state index contributed by atoms with van der Waals surface area (Å²) in [7, 11) is 0. The smallest absolute Gasteiger partial charge is 0.338 e. The minimum atomic E-state index is -0.610. The molecule has 0 radical (unpaired) electrons. The van der Waals surface area contributed by atoms with Crippen LogP contribution in [-0.4, -0.2) is 67.3 Å². The van der Waals surface area contributed by atoms with Gasteiger partial charge in [-0.15, -0.1) is 0 Å². The van der Waals surface area contributed by atoms with E-state index in [9.17, 15) is 9.59 Å². The summed E-state index contributed by atoms with van der Waals surface area (Å²) in [6, 6.07) is 12.4. The van der Waals surface area contributed by atoms with Crippen LogP contribution >= 0.6 is 0 Å². The van der Waals surface area contributed by atoms with Gasteiger partial charge in [-0.2, -0.15) is 0 Å². The second kappa shape index (κ2) is 11.2. The van der Waals surface area contributed by atoms with Gasteiger partial charge in [0.15, 0.2) is 0 Å². The highest BCUT2D eigenvalue weighted by Gasteiger charge is 2.34. The Morgan fingerprint density at radius 1 is 1.11 bits per heavy atom. The third kappa shape index (κ3) is 6.10. The Labute approximate surface area is 206 Å². The average molecular weight is 480 g/mol. The van der Waals surface area contributed by atoms with Gasteiger partial charge in [0.2, 0.25) is 0 Å². The Kier molecular flexibility index (Phi) is 7.87. The topological polar surface area (TPSA) is 96.0 Å². The number of ether oxygens (including phenoxy) is 2. The van der Waals surface area contributed by atoms with E-state index in [4.69, 9.17) is 9.47 Å². The molecule has 9 heteroatoms. The molecule has 2 amide bonds. The lowest BCUT2D eigenvalue weighted by Gasteiger charge is -2.37. The molecule has 1 aromatic heterocycles. The first-order valence-electron chi connectivity index (χ1n) is 12.1. The molecule has 1 saturated heterocycles. The number of nitrogens with zero attached hydrogens (tertiary/aromatic N) is 3. The lowest BCUT2D eigenvalue weighted by atomic mass is 9.94. The number of rotatable bonds is 8. The quantitative estimate of drug-likeness (QED) is 0.562. The lowest BCUT2D eigenvalue weighted by Crippen LogP contribution is -2.52. The molecule has 9 nitrogen and oxygen atoms in total. The number of nitrogens with one attached hydrogen (secondary N) is 2. The van der Waals surface area contributed by atoms with Gasteiger partial charge >= 0.3 is 12.0 Å². The Hall–Kier alpha value is -3.59. The Morgan fingerprint density at radius 2 is 1.86 bits per heavy atom. The van der Waals surface area contributed by atoms with Crippen molar-refractivity contribution in [3.63, 3.8) is 0 Å². The van der Waals surface area contributed by atoms with E-state index in [1.165, 1.54) is 0 Å². The molecule has 3 heterocycles. The van der Waals surface area contributed by atoms with E-state index >= 15 is 0 Å². The van der Waals surface area contributed by atoms with Crippen molar-refractivity contribution in [2.24, 2.45) is 0 Å². The Bertz CT molecular complexity index is 1050. The fourth-order valence-corrected chi connectivity index (χ4v) is 4.35. The molecule has 0 saturated carbocycles. The van der Waals surface area contributed by atoms with Gasteiger partial charge in [-0.25, -0.2) is 14.6 Å². The number of carbonyl (C=O) groups excluding carboxylic acids is 2. The van der Waals surface area contributed by atoms with Gasteiger partial charge in [-0.3, -0.25) is 4.90 Å². The maximum atomic E-state index is 13.1. The third-order valence-electron chi connectivity index (χ3n) is 5.96. The highest BCUT2D eigenvalue weighted by Crippen LogP contribution is 2.30. The van der Waals surface area contributed by atoms with Gasteiger partial charge in [0.05, 0.1) is 24.3 Å². The molecule has 186 valence electrons. The van der Waals surface area contributed by atoms with Crippen molar-refractivity contribution < 1.29 is 19.1 Å². The van der Waals surface area contributed by atoms with E-state index in [2.05, 4.69) is 25.4 Å². The number of aromatic nitrogens is 1. The number of urea groups is 1. The summed E-state index contributed by atoms with van der Waals surface area (Å²) >= 11 is 0. The highest BCUT2D eigenvalue weighted by molar-refractivity contribution is 5.95. The number of piperazine rings is 1. The van der Waals surface area contributed by atoms with Gasteiger partial charge in [0.25, 0.3) is 0 Å². The van der Waals surface area contributed by atoms with E-state index in [-0.39, 0.29) is 18.7 Å². The van der Waals surface area contributed by atoms with E-state index < -0.39 is 12.0 Å². The molecule has 2 aliphatic rings. The summed E-state index contributed by atoms with van der Waals surface area (Å²) in [6.45, 7) is 9.59. The molecule has 35 heavy (non-hydrogen) atoms. The molecule has 0 bridgehead atoms. The number of benzene rings is 1. The van der Waals surface area contributed by atoms with Crippen LogP contribution in [0.4, 0.5) is 10.6 Å². The van der Waals surface area contributed by atoms with Crippen molar-refractivity contribution in [2.45, 2.75) is 32.9 Å². The zero-order valence-electron chi connectivity index (χ0n) is 20.5. The fourth-order valence-electron chi connectivity index (χ4n) is 4.35. The molecule has 0 spiro atoms. The van der Waals surface area contributed by atoms with Crippen LogP contribution in [0.2, 0.25) is 0 Å². The molecule has 1 aromatic carbocycles. The molecule has 1 fully saturated rings. The van der Waals surface area contributed by atoms with Crippen molar-refractivity contribution in [1.29, 1.82) is 0 Å². The molecule has 1 atom stereocenters. The molecule has 2 aliphatic heterocycles. The van der Waals surface area contributed by atoms with Gasteiger partial charge in [0, 0.05) is 44.6 Å². The van der Waals surface area contributed by atoms with E-state index in [1.54, 1.807) is 13.1 Å². The van der Waals surface area contributed by atoms with Crippen molar-refractivity contribution in [3.8, 4) is 5.75 Å². The van der Waals surface area contributed by atoms with Gasteiger partial charge in [-0.05, 0) is 50.6 Å². The molecule has 2 N–H and O–H groups in total. The van der Waals surface area contributed by atoms with Crippen LogP contribution in [0.1, 0.15) is 32.4 Å². The van der Waals surface area contributed by atoms with Crippen LogP contribution in [0.15, 0.2) is 59.9 Å². The van der Waals surface area contributed by atoms with Crippen molar-refractivity contribution in [1.82, 2.24) is 20.5 Å². The van der Waals surface area contributed by atoms with Gasteiger partial charge < -0.3 is 25.0 Å². The van der Waals surface area contributed by atoms with E-state index in [0.717, 1.165) is 43.3 Å². The normalized spacial score (nSPS) is 18.8. The van der Waals surface area contributed by atoms with Crippen LogP contribution in [0, 0.1) is 0 Å². The Balaban J connectivity index is 1.55. The number of esters is 1. The molecule has 2 aromatic rings. The number of pyridine rings is 1. The van der Waals surface area contributed by atoms with Crippen LogP contribution in [0.3, 0.4) is 0 Å². The zero-order chi connectivity index (χ0) is 24.8. The summed E-state index contributed by atoms with van der Waals surface area (Å²) < 4.78 is 11.1. The van der Waals surface area contributed by atoms with Crippen molar-refractivity contribution in [2.75, 3.05) is 44.2 Å². The number of hydrogen-bond donors (Lipinski definition) is 2. The van der Waals surface area contributed by atoms with E-state index in [0.29, 0.717) is 17.8 Å². The Morgan fingerprint density at radius 3 is 2.49 bits per heavy atom. The summed E-state index contributed by atoms with van der Waals surface area (Å²) in [6.07, 6.45) is 1.85. The summed E-state index contributed by atoms with van der Waals surface area (Å²) in [4.78, 5) is 34.6. The largest absolute Gasteiger partial charge is 0.491 e. The number of amides is 2. The van der Waals surface area contributed by atoms with Crippen LogP contribution < -0.4 is 20.3 Å². The standard InChI is InChI=1S/C26H33N5O4/c1-4-34-25(32)23-21(17-30-13-15-31(16-14-30)22-7-5-6-12-27-22)28-26(33)29-24(23)19-8-10-20(11-9-19)35-18(2)3/h5-12,18,24H,4,13-17H2,1-3H3,(H2,28,29,33)/t24-/m1/s1. The van der Waals surface area contributed by atoms with Crippen molar-refractivity contribution in [3.05, 3.63) is 65.5 Å². The summed E-state index contributed by atoms with van der Waals surface area (Å²) in [5.41, 5.74) is 1.79. The van der Waals surface area contributed by atoms with Crippen LogP contribution in [-0.2, 0) is 9.53 Å². The summed E-state index contributed by atoms with van der Waals surface area (Å²) in [5.74, 6) is 1.25. The zero-order valence-corrected chi connectivity index (χ0v) is 20.5. The minimum absolute atomic E-state index is 0.0548. The second-order valence-corrected chi connectivity index (χ2v) is 8.83. The lowest BCUT2D eigenvalue weighted by molar-refractivity contribution is -0.139. The first-order valence-corrected chi connectivity index (χ1v) is 12.1. The maximum absolute atomic E-state index is 13.1. The molecule has 0 aliphatic carbocycles. The van der Waals surface area contributed by atoms with E-state index in [1.807, 2.05) is 56.3 Å². The number of anilines is 1. The predicted molar refractivity (Wildman–Crippen MR) is 133 cm³/mol. The molecule has 0 unspecified atom stereocenters. The minimum Gasteiger partial charge on any atom is -0.491 e. The van der Waals surface area contributed by atoms with Crippen LogP contribution in [0.5, 0.6) is 5.75 Å². The predicted octanol–water partition coefficient (Wildman–Crippen LogP) is 2.86. The van der Waals surface area contributed by atoms with Gasteiger partial charge in [0.1, 0.15) is 11.6 Å². The monoisotopic (exact) mass is 479 g/mol. The van der Waals surface area contributed by atoms with Crippen molar-refractivity contribution >= 4 is 17.8 Å². The van der Waals surface area contributed by atoms with Crippen LogP contribution in [0.25, 0.3) is 0 Å². The number of hydrogen-bond acceptors (Lipinski definition) is 7. The molecule has 4 rings (SSSR count). The fraction of sp³-hybridized carbons (Fsp3) is 0.423. The molecular formula is C26H33N5O4. The maximum Gasteiger partial charge on any atom is 0.338 e. The third-order valence-corrected chi connectivity index (χ3v) is 5.96. The van der Waals surface area contributed by atoms with Gasteiger partial charge in [-0.1, -0.05) is 18.2 Å². The first-order chi connectivity index (χ1) is 16.9. The summed E-state index contributed by atoms with van der Waals surface area (Å²) in [5, 5.41) is 5.76. The average Bonchev–Trinajstić information content (AvgIpc) is 2.85. The highest BCUT2D eigenvalue weighted by atomic mass is 16.5. The number of carbonyl (C=O) groups is 2. The SMILES string of the molecule is CCOC(=O)C1=C(CN2CCN(c3ccccn3)CC2)NC(=O)N[C@@H]1c1ccc(OC(C)C)cc1. The first kappa shape index (κ1) is 24.5. The second-order valence-electron chi connectivity index (χ2n) is 8.83.